The second kappa shape index (κ2) is 9.04. The molecule has 1 saturated heterocycles. The Bertz CT molecular complexity index is 900. The molecule has 30 heavy (non-hydrogen) atoms. The summed E-state index contributed by atoms with van der Waals surface area (Å²) in [5.74, 6) is -2.59. The van der Waals surface area contributed by atoms with Crippen molar-refractivity contribution in [3.63, 3.8) is 0 Å². The zero-order valence-corrected chi connectivity index (χ0v) is 15.8. The van der Waals surface area contributed by atoms with Crippen LogP contribution in [0, 0.1) is 0 Å². The topological polar surface area (TPSA) is 90.9 Å². The molecular formula is C20H20F3N3O4. The van der Waals surface area contributed by atoms with Crippen LogP contribution < -0.4 is 20.3 Å². The molecule has 3 rings (SSSR count). The Hall–Kier alpha value is -3.27. The number of hydrogen-bond acceptors (Lipinski definition) is 5. The van der Waals surface area contributed by atoms with Crippen LogP contribution in [0.4, 0.5) is 18.9 Å². The molecule has 3 N–H and O–H groups in total. The van der Waals surface area contributed by atoms with E-state index in [0.717, 1.165) is 6.07 Å². The zero-order valence-electron chi connectivity index (χ0n) is 15.8. The van der Waals surface area contributed by atoms with Crippen molar-refractivity contribution in [1.29, 1.82) is 0 Å². The van der Waals surface area contributed by atoms with Crippen LogP contribution in [-0.2, 0) is 11.0 Å². The van der Waals surface area contributed by atoms with Gasteiger partial charge in [-0.1, -0.05) is 18.2 Å². The lowest BCUT2D eigenvalue weighted by molar-refractivity contribution is -0.146. The predicted molar refractivity (Wildman–Crippen MR) is 102 cm³/mol. The number of nitrogens with zero attached hydrogens (tertiary/aromatic N) is 1. The van der Waals surface area contributed by atoms with Gasteiger partial charge in [0.15, 0.2) is 0 Å². The van der Waals surface area contributed by atoms with Crippen molar-refractivity contribution in [2.45, 2.75) is 12.4 Å². The third kappa shape index (κ3) is 5.20. The van der Waals surface area contributed by atoms with E-state index in [2.05, 4.69) is 10.6 Å². The standard InChI is InChI=1S/C20H20F3N3O4/c21-20(22,23)15-12-14(6-7-16(15)26-10-8-24-9-11-26)30-18(19(28)29)25-17(27)13-4-2-1-3-5-13/h1-7,12,18,24H,8-11H2,(H,25,27)(H,28,29). The predicted octanol–water partition coefficient (Wildman–Crippen LogP) is 2.33. The van der Waals surface area contributed by atoms with E-state index in [9.17, 15) is 27.9 Å². The fourth-order valence-electron chi connectivity index (χ4n) is 3.07. The second-order valence-corrected chi connectivity index (χ2v) is 6.59. The maximum atomic E-state index is 13.6. The van der Waals surface area contributed by atoms with Crippen molar-refractivity contribution in [1.82, 2.24) is 10.6 Å². The van der Waals surface area contributed by atoms with E-state index < -0.39 is 29.8 Å². The third-order valence-electron chi connectivity index (χ3n) is 4.51. The van der Waals surface area contributed by atoms with Gasteiger partial charge >= 0.3 is 12.1 Å². The molecule has 160 valence electrons. The Kier molecular flexibility index (Phi) is 6.46. The van der Waals surface area contributed by atoms with Crippen LogP contribution in [0.1, 0.15) is 15.9 Å². The molecule has 7 nitrogen and oxygen atoms in total. The van der Waals surface area contributed by atoms with Gasteiger partial charge in [-0.25, -0.2) is 4.79 Å². The van der Waals surface area contributed by atoms with Crippen LogP contribution in [0.15, 0.2) is 48.5 Å². The maximum Gasteiger partial charge on any atom is 0.418 e. The molecule has 0 aliphatic carbocycles. The summed E-state index contributed by atoms with van der Waals surface area (Å²) >= 11 is 0. The maximum absolute atomic E-state index is 13.6. The van der Waals surface area contributed by atoms with Crippen LogP contribution >= 0.6 is 0 Å². The highest BCUT2D eigenvalue weighted by Crippen LogP contribution is 2.39. The Balaban J connectivity index is 1.82. The largest absolute Gasteiger partial charge is 0.477 e. The molecule has 1 amide bonds. The molecular weight excluding hydrogens is 403 g/mol. The summed E-state index contributed by atoms with van der Waals surface area (Å²) in [6.45, 7) is 1.94. The van der Waals surface area contributed by atoms with E-state index >= 15 is 0 Å². The molecule has 0 spiro atoms. The van der Waals surface area contributed by atoms with E-state index in [1.54, 1.807) is 23.1 Å². The Morgan fingerprint density at radius 3 is 2.37 bits per heavy atom. The molecule has 2 aromatic rings. The van der Waals surface area contributed by atoms with Gasteiger partial charge in [0.2, 0.25) is 0 Å². The number of carbonyl (C=O) groups excluding carboxylic acids is 1. The van der Waals surface area contributed by atoms with E-state index in [1.165, 1.54) is 24.3 Å². The second-order valence-electron chi connectivity index (χ2n) is 6.59. The van der Waals surface area contributed by atoms with Gasteiger partial charge in [0, 0.05) is 37.4 Å². The molecule has 1 atom stereocenters. The number of aliphatic carboxylic acids is 1. The quantitative estimate of drug-likeness (QED) is 0.618. The fourth-order valence-corrected chi connectivity index (χ4v) is 3.07. The van der Waals surface area contributed by atoms with Crippen LogP contribution in [-0.4, -0.2) is 49.4 Å². The summed E-state index contributed by atoms with van der Waals surface area (Å²) in [5.41, 5.74) is -0.741. The molecule has 10 heteroatoms. The van der Waals surface area contributed by atoms with Gasteiger partial charge in [-0.15, -0.1) is 0 Å². The number of carbonyl (C=O) groups is 2. The van der Waals surface area contributed by atoms with Gasteiger partial charge in [-0.2, -0.15) is 13.2 Å². The van der Waals surface area contributed by atoms with Gasteiger partial charge in [0.1, 0.15) is 5.75 Å². The Morgan fingerprint density at radius 2 is 1.77 bits per heavy atom. The number of hydrogen-bond donors (Lipinski definition) is 3. The summed E-state index contributed by atoms with van der Waals surface area (Å²) in [7, 11) is 0. The smallest absolute Gasteiger partial charge is 0.418 e. The number of halogens is 3. The molecule has 2 aromatic carbocycles. The average Bonchev–Trinajstić information content (AvgIpc) is 2.73. The number of ether oxygens (including phenoxy) is 1. The lowest BCUT2D eigenvalue weighted by Gasteiger charge is -2.31. The summed E-state index contributed by atoms with van der Waals surface area (Å²) in [5, 5.41) is 14.6. The lowest BCUT2D eigenvalue weighted by Crippen LogP contribution is -2.45. The van der Waals surface area contributed by atoms with Crippen LogP contribution in [0.25, 0.3) is 0 Å². The van der Waals surface area contributed by atoms with Crippen LogP contribution in [0.2, 0.25) is 0 Å². The zero-order chi connectivity index (χ0) is 21.7. The van der Waals surface area contributed by atoms with Crippen molar-refractivity contribution in [3.8, 4) is 5.75 Å². The molecule has 1 heterocycles. The van der Waals surface area contributed by atoms with E-state index in [0.29, 0.717) is 26.2 Å². The Morgan fingerprint density at radius 1 is 1.10 bits per heavy atom. The molecule has 1 aliphatic rings. The van der Waals surface area contributed by atoms with Crippen molar-refractivity contribution in [3.05, 3.63) is 59.7 Å². The number of carboxylic acids is 1. The first-order chi connectivity index (χ1) is 14.3. The normalized spacial score (nSPS) is 15.4. The molecule has 0 aromatic heterocycles. The van der Waals surface area contributed by atoms with Gasteiger partial charge in [0.05, 0.1) is 5.56 Å². The van der Waals surface area contributed by atoms with Gasteiger partial charge in [-0.3, -0.25) is 4.79 Å². The fraction of sp³-hybridized carbons (Fsp3) is 0.300. The number of benzene rings is 2. The number of rotatable bonds is 6. The summed E-state index contributed by atoms with van der Waals surface area (Å²) < 4.78 is 46.1. The number of anilines is 1. The van der Waals surface area contributed by atoms with Gasteiger partial charge < -0.3 is 25.4 Å². The molecule has 1 fully saturated rings. The minimum absolute atomic E-state index is 0.00320. The minimum atomic E-state index is -4.66. The number of amides is 1. The number of carboxylic acid groups (broad SMARTS) is 1. The first kappa shape index (κ1) is 21.4. The number of piperazine rings is 1. The highest BCUT2D eigenvalue weighted by atomic mass is 19.4. The summed E-state index contributed by atoms with van der Waals surface area (Å²) in [4.78, 5) is 25.3. The highest BCUT2D eigenvalue weighted by molar-refractivity contribution is 5.96. The van der Waals surface area contributed by atoms with Gasteiger partial charge in [-0.05, 0) is 30.3 Å². The first-order valence-corrected chi connectivity index (χ1v) is 9.18. The van der Waals surface area contributed by atoms with E-state index in [4.69, 9.17) is 4.74 Å². The van der Waals surface area contributed by atoms with Crippen molar-refractivity contribution >= 4 is 17.6 Å². The van der Waals surface area contributed by atoms with Crippen LogP contribution in [0.3, 0.4) is 0 Å². The Labute approximate surface area is 170 Å². The van der Waals surface area contributed by atoms with Gasteiger partial charge in [0.25, 0.3) is 12.1 Å². The lowest BCUT2D eigenvalue weighted by atomic mass is 10.1. The highest BCUT2D eigenvalue weighted by Gasteiger charge is 2.36. The summed E-state index contributed by atoms with van der Waals surface area (Å²) in [6, 6.07) is 11.1. The molecule has 0 bridgehead atoms. The molecule has 1 unspecified atom stereocenters. The first-order valence-electron chi connectivity index (χ1n) is 9.18. The molecule has 1 aliphatic heterocycles. The average molecular weight is 423 g/mol. The number of alkyl halides is 3. The monoisotopic (exact) mass is 423 g/mol. The van der Waals surface area contributed by atoms with Crippen molar-refractivity contribution in [2.75, 3.05) is 31.1 Å². The van der Waals surface area contributed by atoms with Crippen molar-refractivity contribution < 1.29 is 32.6 Å². The SMILES string of the molecule is O=C(NC(Oc1ccc(N2CCNCC2)c(C(F)(F)F)c1)C(=O)O)c1ccccc1. The molecule has 0 radical (unpaired) electrons. The molecule has 0 saturated carbocycles. The summed E-state index contributed by atoms with van der Waals surface area (Å²) in [6.07, 6.45) is -6.52. The minimum Gasteiger partial charge on any atom is -0.477 e. The van der Waals surface area contributed by atoms with E-state index in [-0.39, 0.29) is 17.0 Å². The van der Waals surface area contributed by atoms with E-state index in [1.807, 2.05) is 0 Å². The van der Waals surface area contributed by atoms with Crippen LogP contribution in [0.5, 0.6) is 5.75 Å². The third-order valence-corrected chi connectivity index (χ3v) is 4.51. The van der Waals surface area contributed by atoms with Crippen molar-refractivity contribution in [2.24, 2.45) is 0 Å². The number of nitrogens with one attached hydrogen (secondary N) is 2.